The van der Waals surface area contributed by atoms with Crippen LogP contribution in [0.5, 0.6) is 0 Å². The molecule has 1 aliphatic heterocycles. The summed E-state index contributed by atoms with van der Waals surface area (Å²) in [5.74, 6) is 0.357. The van der Waals surface area contributed by atoms with E-state index >= 15 is 0 Å². The topological polar surface area (TPSA) is 20.3 Å². The highest BCUT2D eigenvalue weighted by Crippen LogP contribution is 2.27. The fourth-order valence-electron chi connectivity index (χ4n) is 2.41. The van der Waals surface area contributed by atoms with Crippen LogP contribution >= 0.6 is 0 Å². The molecule has 1 saturated heterocycles. The second kappa shape index (κ2) is 5.53. The van der Waals surface area contributed by atoms with Crippen LogP contribution in [0.15, 0.2) is 0 Å². The summed E-state index contributed by atoms with van der Waals surface area (Å²) in [4.78, 5) is 13.7. The summed E-state index contributed by atoms with van der Waals surface area (Å²) >= 11 is 0. The summed E-state index contributed by atoms with van der Waals surface area (Å²) in [6.07, 6.45) is 8.13. The van der Waals surface area contributed by atoms with Crippen molar-refractivity contribution in [3.05, 3.63) is 0 Å². The molecule has 1 aliphatic rings. The van der Waals surface area contributed by atoms with Gasteiger partial charge in [-0.15, -0.1) is 0 Å². The number of amides is 1. The van der Waals surface area contributed by atoms with Gasteiger partial charge in [0.2, 0.25) is 5.91 Å². The molecule has 2 heteroatoms. The molecule has 0 unspecified atom stereocenters. The van der Waals surface area contributed by atoms with Gasteiger partial charge in [-0.25, -0.2) is 0 Å². The minimum atomic E-state index is 0.0846. The SMILES string of the molecule is CCCCCCC(C)(C)N1CCCC1=O. The van der Waals surface area contributed by atoms with Crippen LogP contribution in [0.2, 0.25) is 0 Å². The summed E-state index contributed by atoms with van der Waals surface area (Å²) in [7, 11) is 0. The molecule has 1 amide bonds. The fourth-order valence-corrected chi connectivity index (χ4v) is 2.41. The van der Waals surface area contributed by atoms with Gasteiger partial charge in [0.1, 0.15) is 0 Å². The normalized spacial score (nSPS) is 17.5. The Morgan fingerprint density at radius 3 is 2.53 bits per heavy atom. The highest BCUT2D eigenvalue weighted by Gasteiger charge is 2.33. The van der Waals surface area contributed by atoms with Gasteiger partial charge in [0.15, 0.2) is 0 Å². The van der Waals surface area contributed by atoms with Crippen molar-refractivity contribution in [3.8, 4) is 0 Å². The highest BCUT2D eigenvalue weighted by molar-refractivity contribution is 5.78. The van der Waals surface area contributed by atoms with Gasteiger partial charge in [-0.3, -0.25) is 4.79 Å². The van der Waals surface area contributed by atoms with E-state index in [-0.39, 0.29) is 5.54 Å². The molecule has 1 fully saturated rings. The van der Waals surface area contributed by atoms with Crippen molar-refractivity contribution >= 4 is 5.91 Å². The summed E-state index contributed by atoms with van der Waals surface area (Å²) in [6.45, 7) is 7.62. The first-order valence-electron chi connectivity index (χ1n) is 6.38. The molecule has 0 spiro atoms. The molecule has 0 N–H and O–H groups in total. The maximum absolute atomic E-state index is 11.6. The third-order valence-electron chi connectivity index (χ3n) is 3.45. The zero-order valence-electron chi connectivity index (χ0n) is 10.5. The van der Waals surface area contributed by atoms with Gasteiger partial charge in [0, 0.05) is 18.5 Å². The van der Waals surface area contributed by atoms with E-state index in [1.54, 1.807) is 0 Å². The lowest BCUT2D eigenvalue weighted by Crippen LogP contribution is -2.44. The largest absolute Gasteiger partial charge is 0.338 e. The minimum Gasteiger partial charge on any atom is -0.338 e. The molecule has 0 aromatic heterocycles. The van der Waals surface area contributed by atoms with Crippen LogP contribution in [0.4, 0.5) is 0 Å². The van der Waals surface area contributed by atoms with Crippen molar-refractivity contribution < 1.29 is 4.79 Å². The van der Waals surface area contributed by atoms with E-state index in [1.807, 2.05) is 0 Å². The quantitative estimate of drug-likeness (QED) is 0.617. The molecule has 0 saturated carbocycles. The van der Waals surface area contributed by atoms with Crippen molar-refractivity contribution in [2.24, 2.45) is 0 Å². The maximum Gasteiger partial charge on any atom is 0.223 e. The van der Waals surface area contributed by atoms with Crippen LogP contribution in [0, 0.1) is 0 Å². The van der Waals surface area contributed by atoms with Gasteiger partial charge in [0.05, 0.1) is 0 Å². The van der Waals surface area contributed by atoms with Crippen molar-refractivity contribution in [2.45, 2.75) is 71.3 Å². The lowest BCUT2D eigenvalue weighted by molar-refractivity contribution is -0.132. The molecule has 2 nitrogen and oxygen atoms in total. The zero-order valence-corrected chi connectivity index (χ0v) is 10.5. The molecule has 0 aromatic carbocycles. The smallest absolute Gasteiger partial charge is 0.223 e. The second-order valence-corrected chi connectivity index (χ2v) is 5.27. The zero-order chi connectivity index (χ0) is 11.3. The summed E-state index contributed by atoms with van der Waals surface area (Å²) in [6, 6.07) is 0. The lowest BCUT2D eigenvalue weighted by atomic mass is 9.94. The summed E-state index contributed by atoms with van der Waals surface area (Å²) in [5, 5.41) is 0. The maximum atomic E-state index is 11.6. The Hall–Kier alpha value is -0.530. The Balaban J connectivity index is 2.33. The third kappa shape index (κ3) is 3.51. The Kier molecular flexibility index (Phi) is 4.62. The number of unbranched alkanes of at least 4 members (excludes halogenated alkanes) is 3. The molecule has 0 radical (unpaired) electrons. The number of carbonyl (C=O) groups excluding carboxylic acids is 1. The van der Waals surface area contributed by atoms with Gasteiger partial charge in [-0.2, -0.15) is 0 Å². The molecular formula is C13H25NO. The number of carbonyl (C=O) groups is 1. The molecule has 1 heterocycles. The number of nitrogens with zero attached hydrogens (tertiary/aromatic N) is 1. The highest BCUT2D eigenvalue weighted by atomic mass is 16.2. The Morgan fingerprint density at radius 2 is 2.00 bits per heavy atom. The number of hydrogen-bond acceptors (Lipinski definition) is 1. The van der Waals surface area contributed by atoms with Gasteiger partial charge in [-0.05, 0) is 26.7 Å². The van der Waals surface area contributed by atoms with Gasteiger partial charge >= 0.3 is 0 Å². The van der Waals surface area contributed by atoms with Crippen molar-refractivity contribution in [2.75, 3.05) is 6.54 Å². The average molecular weight is 211 g/mol. The predicted molar refractivity (Wildman–Crippen MR) is 63.8 cm³/mol. The average Bonchev–Trinajstić information content (AvgIpc) is 2.60. The monoisotopic (exact) mass is 211 g/mol. The van der Waals surface area contributed by atoms with Gasteiger partial charge < -0.3 is 4.90 Å². The van der Waals surface area contributed by atoms with Crippen LogP contribution in [0.1, 0.15) is 65.7 Å². The van der Waals surface area contributed by atoms with Crippen molar-refractivity contribution in [1.29, 1.82) is 0 Å². The van der Waals surface area contributed by atoms with E-state index in [4.69, 9.17) is 0 Å². The Labute approximate surface area is 94.0 Å². The molecule has 1 rings (SSSR count). The minimum absolute atomic E-state index is 0.0846. The van der Waals surface area contributed by atoms with Crippen LogP contribution in [0.3, 0.4) is 0 Å². The fraction of sp³-hybridized carbons (Fsp3) is 0.923. The number of hydrogen-bond donors (Lipinski definition) is 0. The van der Waals surface area contributed by atoms with Crippen LogP contribution in [0.25, 0.3) is 0 Å². The predicted octanol–water partition coefficient (Wildman–Crippen LogP) is 3.36. The van der Waals surface area contributed by atoms with E-state index in [2.05, 4.69) is 25.7 Å². The van der Waals surface area contributed by atoms with Gasteiger partial charge in [0.25, 0.3) is 0 Å². The second-order valence-electron chi connectivity index (χ2n) is 5.27. The number of rotatable bonds is 6. The Morgan fingerprint density at radius 1 is 1.27 bits per heavy atom. The molecule has 0 bridgehead atoms. The van der Waals surface area contributed by atoms with Crippen LogP contribution < -0.4 is 0 Å². The molecule has 0 atom stereocenters. The lowest BCUT2D eigenvalue weighted by Gasteiger charge is -2.35. The standard InChI is InChI=1S/C13H25NO/c1-4-5-6-7-10-13(2,3)14-11-8-9-12(14)15/h4-11H2,1-3H3. The van der Waals surface area contributed by atoms with E-state index in [9.17, 15) is 4.79 Å². The first-order chi connectivity index (χ1) is 7.08. The van der Waals surface area contributed by atoms with Crippen LogP contribution in [-0.2, 0) is 4.79 Å². The first kappa shape index (κ1) is 12.5. The van der Waals surface area contributed by atoms with E-state index in [1.165, 1.54) is 25.7 Å². The summed E-state index contributed by atoms with van der Waals surface area (Å²) < 4.78 is 0. The Bertz CT molecular complexity index is 211. The van der Waals surface area contributed by atoms with E-state index < -0.39 is 0 Å². The molecule has 88 valence electrons. The van der Waals surface area contributed by atoms with E-state index in [0.29, 0.717) is 5.91 Å². The molecule has 0 aliphatic carbocycles. The molecule has 0 aromatic rings. The van der Waals surface area contributed by atoms with E-state index in [0.717, 1.165) is 25.8 Å². The molecule has 15 heavy (non-hydrogen) atoms. The first-order valence-corrected chi connectivity index (χ1v) is 6.38. The van der Waals surface area contributed by atoms with Crippen molar-refractivity contribution in [3.63, 3.8) is 0 Å². The van der Waals surface area contributed by atoms with Gasteiger partial charge in [-0.1, -0.05) is 32.6 Å². The third-order valence-corrected chi connectivity index (χ3v) is 3.45. The summed E-state index contributed by atoms with van der Waals surface area (Å²) in [5.41, 5.74) is 0.0846. The molecular weight excluding hydrogens is 186 g/mol. The number of likely N-dealkylation sites (tertiary alicyclic amines) is 1. The van der Waals surface area contributed by atoms with Crippen LogP contribution in [-0.4, -0.2) is 22.9 Å². The van der Waals surface area contributed by atoms with Crippen molar-refractivity contribution in [1.82, 2.24) is 4.90 Å².